The van der Waals surface area contributed by atoms with E-state index in [4.69, 9.17) is 5.26 Å². The molecule has 3 aromatic heterocycles. The highest BCUT2D eigenvalue weighted by Crippen LogP contribution is 2.24. The summed E-state index contributed by atoms with van der Waals surface area (Å²) >= 11 is 0. The van der Waals surface area contributed by atoms with E-state index in [-0.39, 0.29) is 0 Å². The van der Waals surface area contributed by atoms with Gasteiger partial charge in [0.05, 0.1) is 23.9 Å². The zero-order chi connectivity index (χ0) is 13.2. The Morgan fingerprint density at radius 2 is 2.26 bits per heavy atom. The van der Waals surface area contributed by atoms with Crippen LogP contribution in [0, 0.1) is 18.3 Å². The van der Waals surface area contributed by atoms with Crippen molar-refractivity contribution in [3.63, 3.8) is 0 Å². The van der Waals surface area contributed by atoms with Crippen molar-refractivity contribution in [1.82, 2.24) is 14.4 Å². The standard InChI is InChI=1S/C15H12N4/c1-11-5-8-19-13(4-6-16)15(18-14(19)9-11)12-3-2-7-17-10-12/h2-3,5,7-10H,4H2,1H3. The third-order valence-corrected chi connectivity index (χ3v) is 3.06. The fourth-order valence-corrected chi connectivity index (χ4v) is 2.18. The van der Waals surface area contributed by atoms with Crippen LogP contribution in [-0.2, 0) is 6.42 Å². The van der Waals surface area contributed by atoms with Crippen molar-refractivity contribution >= 4 is 5.65 Å². The predicted molar refractivity (Wildman–Crippen MR) is 72.5 cm³/mol. The SMILES string of the molecule is Cc1ccn2c(CC#N)c(-c3cccnc3)nc2c1. The molecule has 0 spiro atoms. The van der Waals surface area contributed by atoms with E-state index in [0.717, 1.165) is 28.2 Å². The molecule has 0 N–H and O–H groups in total. The molecule has 0 aliphatic carbocycles. The lowest BCUT2D eigenvalue weighted by molar-refractivity contribution is 1.05. The molecule has 0 atom stereocenters. The molecule has 0 aromatic carbocycles. The first-order valence-corrected chi connectivity index (χ1v) is 6.04. The summed E-state index contributed by atoms with van der Waals surface area (Å²) in [6, 6.07) is 10.1. The lowest BCUT2D eigenvalue weighted by Gasteiger charge is -2.00. The molecule has 19 heavy (non-hydrogen) atoms. The second-order valence-corrected chi connectivity index (χ2v) is 4.42. The second kappa shape index (κ2) is 4.54. The van der Waals surface area contributed by atoms with Gasteiger partial charge in [0.1, 0.15) is 5.65 Å². The van der Waals surface area contributed by atoms with E-state index >= 15 is 0 Å². The number of nitrogens with zero attached hydrogens (tertiary/aromatic N) is 4. The van der Waals surface area contributed by atoms with E-state index in [1.165, 1.54) is 0 Å². The first-order valence-electron chi connectivity index (χ1n) is 6.04. The van der Waals surface area contributed by atoms with Crippen molar-refractivity contribution in [1.29, 1.82) is 5.26 Å². The van der Waals surface area contributed by atoms with Crippen molar-refractivity contribution in [2.75, 3.05) is 0 Å². The Bertz CT molecular complexity index is 766. The normalized spacial score (nSPS) is 10.5. The van der Waals surface area contributed by atoms with Crippen LogP contribution >= 0.6 is 0 Å². The number of hydrogen-bond acceptors (Lipinski definition) is 3. The maximum Gasteiger partial charge on any atom is 0.137 e. The quantitative estimate of drug-likeness (QED) is 0.700. The Hall–Kier alpha value is -2.67. The van der Waals surface area contributed by atoms with Gasteiger partial charge in [0.15, 0.2) is 0 Å². The summed E-state index contributed by atoms with van der Waals surface area (Å²) in [6.07, 6.45) is 5.79. The number of hydrogen-bond donors (Lipinski definition) is 0. The smallest absolute Gasteiger partial charge is 0.137 e. The van der Waals surface area contributed by atoms with Gasteiger partial charge in [-0.15, -0.1) is 0 Å². The number of aromatic nitrogens is 3. The highest BCUT2D eigenvalue weighted by molar-refractivity contribution is 5.66. The summed E-state index contributed by atoms with van der Waals surface area (Å²) in [4.78, 5) is 8.75. The first kappa shape index (κ1) is 11.4. The van der Waals surface area contributed by atoms with Gasteiger partial charge in [0.2, 0.25) is 0 Å². The van der Waals surface area contributed by atoms with E-state index in [1.807, 2.05) is 41.8 Å². The van der Waals surface area contributed by atoms with Crippen molar-refractivity contribution in [2.24, 2.45) is 0 Å². The minimum Gasteiger partial charge on any atom is -0.302 e. The van der Waals surface area contributed by atoms with Gasteiger partial charge >= 0.3 is 0 Å². The molecule has 0 fully saturated rings. The first-order chi connectivity index (χ1) is 9.29. The van der Waals surface area contributed by atoms with Gasteiger partial charge in [0.25, 0.3) is 0 Å². The van der Waals surface area contributed by atoms with E-state index in [1.54, 1.807) is 12.4 Å². The van der Waals surface area contributed by atoms with Gasteiger partial charge in [-0.2, -0.15) is 5.26 Å². The van der Waals surface area contributed by atoms with E-state index in [2.05, 4.69) is 16.0 Å². The van der Waals surface area contributed by atoms with Crippen LogP contribution in [0.1, 0.15) is 11.3 Å². The second-order valence-electron chi connectivity index (χ2n) is 4.42. The van der Waals surface area contributed by atoms with E-state index < -0.39 is 0 Å². The van der Waals surface area contributed by atoms with Crippen LogP contribution in [0.4, 0.5) is 0 Å². The molecule has 4 nitrogen and oxygen atoms in total. The monoisotopic (exact) mass is 248 g/mol. The molecule has 0 unspecified atom stereocenters. The maximum atomic E-state index is 9.02. The van der Waals surface area contributed by atoms with Crippen LogP contribution < -0.4 is 0 Å². The topological polar surface area (TPSA) is 54.0 Å². The fourth-order valence-electron chi connectivity index (χ4n) is 2.18. The van der Waals surface area contributed by atoms with Crippen LogP contribution in [0.25, 0.3) is 16.9 Å². The molecular weight excluding hydrogens is 236 g/mol. The Morgan fingerprint density at radius 3 is 3.00 bits per heavy atom. The van der Waals surface area contributed by atoms with Crippen LogP contribution in [0.5, 0.6) is 0 Å². The number of pyridine rings is 2. The van der Waals surface area contributed by atoms with E-state index in [0.29, 0.717) is 6.42 Å². The molecular formula is C15H12N4. The van der Waals surface area contributed by atoms with Gasteiger partial charge in [-0.1, -0.05) is 0 Å². The zero-order valence-corrected chi connectivity index (χ0v) is 10.5. The minimum absolute atomic E-state index is 0.328. The molecule has 0 saturated heterocycles. The maximum absolute atomic E-state index is 9.02. The average molecular weight is 248 g/mol. The summed E-state index contributed by atoms with van der Waals surface area (Å²) in [5, 5.41) is 9.02. The largest absolute Gasteiger partial charge is 0.302 e. The van der Waals surface area contributed by atoms with Gasteiger partial charge < -0.3 is 4.40 Å². The molecule has 0 aliphatic heterocycles. The van der Waals surface area contributed by atoms with Crippen molar-refractivity contribution in [3.05, 3.63) is 54.1 Å². The summed E-state index contributed by atoms with van der Waals surface area (Å²) in [7, 11) is 0. The lowest BCUT2D eigenvalue weighted by atomic mass is 10.1. The summed E-state index contributed by atoms with van der Waals surface area (Å²) in [6.45, 7) is 2.03. The third-order valence-electron chi connectivity index (χ3n) is 3.06. The molecule has 0 aliphatic rings. The third kappa shape index (κ3) is 1.95. The average Bonchev–Trinajstić information content (AvgIpc) is 2.78. The van der Waals surface area contributed by atoms with Crippen molar-refractivity contribution in [3.8, 4) is 17.3 Å². The summed E-state index contributed by atoms with van der Waals surface area (Å²) < 4.78 is 1.97. The molecule has 92 valence electrons. The highest BCUT2D eigenvalue weighted by atomic mass is 15.0. The summed E-state index contributed by atoms with van der Waals surface area (Å²) in [5.41, 5.74) is 4.70. The fraction of sp³-hybridized carbons (Fsp3) is 0.133. The Balaban J connectivity index is 2.29. The van der Waals surface area contributed by atoms with Crippen LogP contribution in [0.15, 0.2) is 42.9 Å². The molecule has 3 rings (SSSR count). The lowest BCUT2D eigenvalue weighted by Crippen LogP contribution is -1.93. The van der Waals surface area contributed by atoms with Gasteiger partial charge in [-0.25, -0.2) is 4.98 Å². The van der Waals surface area contributed by atoms with Gasteiger partial charge in [-0.05, 0) is 36.8 Å². The van der Waals surface area contributed by atoms with E-state index in [9.17, 15) is 0 Å². The molecule has 0 bridgehead atoms. The van der Waals surface area contributed by atoms with Crippen LogP contribution in [-0.4, -0.2) is 14.4 Å². The number of aryl methyl sites for hydroxylation is 1. The van der Waals surface area contributed by atoms with Gasteiger partial charge in [-0.3, -0.25) is 4.98 Å². The number of fused-ring (bicyclic) bond motifs is 1. The number of rotatable bonds is 2. The molecule has 0 saturated carbocycles. The summed E-state index contributed by atoms with van der Waals surface area (Å²) in [5.74, 6) is 0. The van der Waals surface area contributed by atoms with Crippen LogP contribution in [0.2, 0.25) is 0 Å². The molecule has 3 aromatic rings. The minimum atomic E-state index is 0.328. The predicted octanol–water partition coefficient (Wildman–Crippen LogP) is 2.77. The zero-order valence-electron chi connectivity index (χ0n) is 10.5. The van der Waals surface area contributed by atoms with Crippen LogP contribution in [0.3, 0.4) is 0 Å². The Morgan fingerprint density at radius 1 is 1.37 bits per heavy atom. The molecule has 4 heteroatoms. The Labute approximate surface area is 111 Å². The van der Waals surface area contributed by atoms with Crippen molar-refractivity contribution < 1.29 is 0 Å². The molecule has 0 radical (unpaired) electrons. The highest BCUT2D eigenvalue weighted by Gasteiger charge is 2.13. The van der Waals surface area contributed by atoms with Crippen molar-refractivity contribution in [2.45, 2.75) is 13.3 Å². The number of nitriles is 1. The Kier molecular flexibility index (Phi) is 2.73. The van der Waals surface area contributed by atoms with Gasteiger partial charge in [0, 0.05) is 24.2 Å². The molecule has 0 amide bonds. The number of imidazole rings is 1. The molecule has 3 heterocycles.